The molecule has 0 bridgehead atoms. The number of rotatable bonds is 5. The van der Waals surface area contributed by atoms with Gasteiger partial charge in [-0.1, -0.05) is 18.6 Å². The van der Waals surface area contributed by atoms with Crippen LogP contribution in [-0.2, 0) is 10.8 Å². The normalized spacial score (nSPS) is 31.0. The lowest BCUT2D eigenvalue weighted by Gasteiger charge is -2.38. The van der Waals surface area contributed by atoms with Gasteiger partial charge < -0.3 is 4.74 Å². The van der Waals surface area contributed by atoms with Gasteiger partial charge in [-0.3, -0.25) is 9.11 Å². The summed E-state index contributed by atoms with van der Waals surface area (Å²) in [4.78, 5) is 2.50. The van der Waals surface area contributed by atoms with Crippen LogP contribution < -0.4 is 4.74 Å². The van der Waals surface area contributed by atoms with Crippen LogP contribution in [0.2, 0.25) is 0 Å². The number of nitrogens with zero attached hydrogens (tertiary/aromatic N) is 1. The van der Waals surface area contributed by atoms with Gasteiger partial charge in [0.2, 0.25) is 0 Å². The number of likely N-dealkylation sites (tertiary alicyclic amines) is 1. The van der Waals surface area contributed by atoms with Crippen LogP contribution in [0, 0.1) is 5.41 Å². The molecule has 0 amide bonds. The van der Waals surface area contributed by atoms with E-state index in [1.165, 1.54) is 31.2 Å². The number of benzene rings is 1. The molecule has 1 aromatic rings. The zero-order chi connectivity index (χ0) is 16.8. The van der Waals surface area contributed by atoms with Crippen molar-refractivity contribution in [1.29, 1.82) is 0 Å². The van der Waals surface area contributed by atoms with Crippen LogP contribution in [0.25, 0.3) is 0 Å². The molecule has 4 heteroatoms. The molecule has 0 unspecified atom stereocenters. The van der Waals surface area contributed by atoms with Crippen LogP contribution in [0.3, 0.4) is 0 Å². The number of hydrogen-bond donors (Lipinski definition) is 0. The third-order valence-electron chi connectivity index (χ3n) is 5.91. The highest BCUT2D eigenvalue weighted by atomic mass is 32.2. The maximum absolute atomic E-state index is 11.5. The fraction of sp³-hybridized carbons (Fsp3) is 0.700. The van der Waals surface area contributed by atoms with E-state index in [0.29, 0.717) is 5.41 Å². The fourth-order valence-corrected chi connectivity index (χ4v) is 6.23. The Hall–Kier alpha value is -0.870. The van der Waals surface area contributed by atoms with Gasteiger partial charge in [0.25, 0.3) is 0 Å². The van der Waals surface area contributed by atoms with Gasteiger partial charge in [-0.05, 0) is 63.3 Å². The molecule has 0 N–H and O–H groups in total. The molecule has 2 heterocycles. The lowest BCUT2D eigenvalue weighted by Crippen LogP contribution is -2.48. The van der Waals surface area contributed by atoms with Crippen molar-refractivity contribution < 1.29 is 8.95 Å². The van der Waals surface area contributed by atoms with Gasteiger partial charge in [0, 0.05) is 40.8 Å². The molecule has 1 saturated carbocycles. The molecule has 132 valence electrons. The van der Waals surface area contributed by atoms with E-state index < -0.39 is 10.8 Å². The summed E-state index contributed by atoms with van der Waals surface area (Å²) in [5, 5.41) is 0. The first-order valence-electron chi connectivity index (χ1n) is 9.30. The highest BCUT2D eigenvalue weighted by Gasteiger charge is 2.48. The topological polar surface area (TPSA) is 29.5 Å². The Morgan fingerprint density at radius 1 is 1.25 bits per heavy atom. The summed E-state index contributed by atoms with van der Waals surface area (Å²) in [6.07, 6.45) is 5.26. The monoisotopic (exact) mass is 347 g/mol. The Kier molecular flexibility index (Phi) is 4.24. The predicted octanol–water partition coefficient (Wildman–Crippen LogP) is 3.57. The van der Waals surface area contributed by atoms with Crippen molar-refractivity contribution in [2.45, 2.75) is 51.0 Å². The first-order valence-corrected chi connectivity index (χ1v) is 10.8. The van der Waals surface area contributed by atoms with Gasteiger partial charge in [0.1, 0.15) is 11.4 Å². The Labute approximate surface area is 148 Å². The molecule has 0 aromatic heterocycles. The summed E-state index contributed by atoms with van der Waals surface area (Å²) in [5.41, 5.74) is 1.61. The van der Waals surface area contributed by atoms with Gasteiger partial charge in [-0.25, -0.2) is 0 Å². The predicted molar refractivity (Wildman–Crippen MR) is 99.1 cm³/mol. The van der Waals surface area contributed by atoms with Gasteiger partial charge in [-0.15, -0.1) is 0 Å². The van der Waals surface area contributed by atoms with E-state index in [9.17, 15) is 4.21 Å². The molecule has 4 rings (SSSR count). The minimum atomic E-state index is -0.551. The van der Waals surface area contributed by atoms with E-state index in [1.54, 1.807) is 0 Å². The van der Waals surface area contributed by atoms with Crippen LogP contribution >= 0.6 is 0 Å². The second-order valence-corrected chi connectivity index (χ2v) is 10.2. The second-order valence-electron chi connectivity index (χ2n) is 8.75. The molecular weight excluding hydrogens is 318 g/mol. The van der Waals surface area contributed by atoms with Crippen LogP contribution in [0.15, 0.2) is 24.3 Å². The quantitative estimate of drug-likeness (QED) is 0.815. The zero-order valence-electron chi connectivity index (χ0n) is 14.9. The molecule has 1 spiro atoms. The minimum Gasteiger partial charge on any atom is -0.487 e. The van der Waals surface area contributed by atoms with Crippen LogP contribution in [0.1, 0.15) is 51.0 Å². The van der Waals surface area contributed by atoms with E-state index in [-0.39, 0.29) is 5.60 Å². The van der Waals surface area contributed by atoms with Gasteiger partial charge >= 0.3 is 0 Å². The highest BCUT2D eigenvalue weighted by molar-refractivity contribution is 7.86. The summed E-state index contributed by atoms with van der Waals surface area (Å²) in [6.45, 7) is 7.50. The number of hydrogen-bond acceptors (Lipinski definition) is 3. The average Bonchev–Trinajstić information content (AvgIpc) is 2.81. The van der Waals surface area contributed by atoms with Crippen LogP contribution in [0.5, 0.6) is 5.75 Å². The molecular formula is C20H29NO2S. The highest BCUT2D eigenvalue weighted by Crippen LogP contribution is 2.40. The maximum atomic E-state index is 11.5. The Morgan fingerprint density at radius 3 is 2.54 bits per heavy atom. The third-order valence-corrected chi connectivity index (χ3v) is 7.78. The second kappa shape index (κ2) is 6.14. The molecule has 2 saturated heterocycles. The Bertz CT molecular complexity index is 613. The van der Waals surface area contributed by atoms with Crippen molar-refractivity contribution in [3.05, 3.63) is 29.8 Å². The summed E-state index contributed by atoms with van der Waals surface area (Å²) in [6, 6.07) is 8.75. The Balaban J connectivity index is 1.32. The maximum Gasteiger partial charge on any atom is 0.120 e. The lowest BCUT2D eigenvalue weighted by atomic mass is 9.80. The van der Waals surface area contributed by atoms with Crippen molar-refractivity contribution in [3.8, 4) is 5.75 Å². The molecule has 1 aliphatic carbocycles. The summed E-state index contributed by atoms with van der Waals surface area (Å²) in [5.74, 6) is 3.57. The average molecular weight is 348 g/mol. The van der Waals surface area contributed by atoms with E-state index >= 15 is 0 Å². The summed E-state index contributed by atoms with van der Waals surface area (Å²) >= 11 is 0. The molecule has 1 aromatic carbocycles. The first kappa shape index (κ1) is 16.6. The largest absolute Gasteiger partial charge is 0.487 e. The van der Waals surface area contributed by atoms with Crippen LogP contribution in [0.4, 0.5) is 0 Å². The molecule has 3 aliphatic rings. The van der Waals surface area contributed by atoms with Crippen LogP contribution in [-0.4, -0.2) is 45.8 Å². The Morgan fingerprint density at radius 2 is 1.96 bits per heavy atom. The van der Waals surface area contributed by atoms with Crippen molar-refractivity contribution in [2.24, 2.45) is 5.41 Å². The van der Waals surface area contributed by atoms with Gasteiger partial charge in [0.15, 0.2) is 0 Å². The molecule has 0 atom stereocenters. The number of ether oxygens (including phenoxy) is 1. The van der Waals surface area contributed by atoms with E-state index in [2.05, 4.69) is 43.0 Å². The standard InChI is InChI=1S/C20H29NO2S/c1-19(2,12-21-11-10-20(13-21)14-24(22)15-20)23-18-8-6-17(7-9-18)16-4-3-5-16/h6-9,16H,3-5,10-15H2,1-2H3. The minimum absolute atomic E-state index is 0.202. The lowest BCUT2D eigenvalue weighted by molar-refractivity contribution is 0.0649. The molecule has 3 fully saturated rings. The van der Waals surface area contributed by atoms with E-state index in [1.807, 2.05) is 0 Å². The van der Waals surface area contributed by atoms with Crippen molar-refractivity contribution in [2.75, 3.05) is 31.1 Å². The van der Waals surface area contributed by atoms with Crippen molar-refractivity contribution >= 4 is 10.8 Å². The smallest absolute Gasteiger partial charge is 0.120 e. The van der Waals surface area contributed by atoms with Crippen molar-refractivity contribution in [1.82, 2.24) is 4.90 Å². The summed E-state index contributed by atoms with van der Waals surface area (Å²) < 4.78 is 17.8. The van der Waals surface area contributed by atoms with Gasteiger partial charge in [-0.2, -0.15) is 0 Å². The SMILES string of the molecule is CC(C)(CN1CCC2(C1)CS(=O)C2)Oc1ccc(C2CCC2)cc1. The third kappa shape index (κ3) is 3.41. The van der Waals surface area contributed by atoms with Crippen molar-refractivity contribution in [3.63, 3.8) is 0 Å². The van der Waals surface area contributed by atoms with Gasteiger partial charge in [0.05, 0.1) is 0 Å². The molecule has 3 nitrogen and oxygen atoms in total. The zero-order valence-corrected chi connectivity index (χ0v) is 15.7. The molecule has 0 radical (unpaired) electrons. The first-order chi connectivity index (χ1) is 11.4. The molecule has 24 heavy (non-hydrogen) atoms. The van der Waals surface area contributed by atoms with E-state index in [4.69, 9.17) is 4.74 Å². The molecule has 2 aliphatic heterocycles. The summed E-state index contributed by atoms with van der Waals surface area (Å²) in [7, 11) is -0.551. The fourth-order valence-electron chi connectivity index (χ4n) is 4.48. The van der Waals surface area contributed by atoms with E-state index in [0.717, 1.165) is 42.8 Å².